The van der Waals surface area contributed by atoms with Crippen molar-refractivity contribution in [2.24, 2.45) is 0 Å². The maximum atomic E-state index is 13.8. The molecule has 19 heavy (non-hydrogen) atoms. The first-order valence-electron chi connectivity index (χ1n) is 5.46. The van der Waals surface area contributed by atoms with E-state index in [1.807, 2.05) is 0 Å². The van der Waals surface area contributed by atoms with E-state index in [9.17, 15) is 9.18 Å². The highest BCUT2D eigenvalue weighted by atomic mass is 19.1. The van der Waals surface area contributed by atoms with Crippen molar-refractivity contribution in [1.82, 2.24) is 15.0 Å². The molecule has 6 nitrogen and oxygen atoms in total. The Hall–Kier alpha value is -2.75. The number of nitriles is 1. The molecule has 0 unspecified atom stereocenters. The Bertz CT molecular complexity index is 658. The Morgan fingerprint density at radius 2 is 2.37 bits per heavy atom. The first-order valence-corrected chi connectivity index (χ1v) is 5.46. The van der Waals surface area contributed by atoms with Crippen LogP contribution in [0.4, 0.5) is 10.1 Å². The third-order valence-corrected chi connectivity index (χ3v) is 2.34. The zero-order valence-electron chi connectivity index (χ0n) is 10.1. The molecule has 0 aliphatic rings. The van der Waals surface area contributed by atoms with Gasteiger partial charge in [-0.05, 0) is 19.1 Å². The Labute approximate surface area is 108 Å². The molecule has 0 spiro atoms. The topological polar surface area (TPSA) is 83.6 Å². The monoisotopic (exact) mass is 259 g/mol. The van der Waals surface area contributed by atoms with Gasteiger partial charge < -0.3 is 5.32 Å². The number of carbonyl (C=O) groups is 1. The van der Waals surface area contributed by atoms with Crippen LogP contribution >= 0.6 is 0 Å². The van der Waals surface area contributed by atoms with Crippen molar-refractivity contribution in [2.45, 2.75) is 13.3 Å². The molecule has 1 N–H and O–H groups in total. The van der Waals surface area contributed by atoms with E-state index < -0.39 is 11.7 Å². The molecular formula is C12H10FN5O. The zero-order chi connectivity index (χ0) is 13.8. The SMILES string of the molecule is Cc1cn(-c2ccc(NC(=O)CC#N)c(F)c2)nn1. The first-order chi connectivity index (χ1) is 9.10. The molecule has 0 bridgehead atoms. The number of carbonyl (C=O) groups excluding carboxylic acids is 1. The van der Waals surface area contributed by atoms with E-state index in [0.717, 1.165) is 0 Å². The number of hydrogen-bond acceptors (Lipinski definition) is 4. The molecule has 0 fully saturated rings. The minimum absolute atomic E-state index is 0.0286. The molecule has 96 valence electrons. The summed E-state index contributed by atoms with van der Waals surface area (Å²) in [5.74, 6) is -1.15. The van der Waals surface area contributed by atoms with Gasteiger partial charge in [0.1, 0.15) is 12.2 Å². The quantitative estimate of drug-likeness (QED) is 0.906. The number of nitrogens with zero attached hydrogens (tertiary/aromatic N) is 4. The predicted molar refractivity (Wildman–Crippen MR) is 64.9 cm³/mol. The van der Waals surface area contributed by atoms with E-state index >= 15 is 0 Å². The van der Waals surface area contributed by atoms with Crippen LogP contribution in [-0.2, 0) is 4.79 Å². The van der Waals surface area contributed by atoms with Gasteiger partial charge in [-0.2, -0.15) is 5.26 Å². The highest BCUT2D eigenvalue weighted by Gasteiger charge is 2.09. The summed E-state index contributed by atoms with van der Waals surface area (Å²) >= 11 is 0. The summed E-state index contributed by atoms with van der Waals surface area (Å²) in [7, 11) is 0. The van der Waals surface area contributed by atoms with Crippen LogP contribution in [0.3, 0.4) is 0 Å². The number of hydrogen-bond donors (Lipinski definition) is 1. The molecule has 0 atom stereocenters. The third kappa shape index (κ3) is 2.93. The number of nitrogens with one attached hydrogen (secondary N) is 1. The number of amides is 1. The molecule has 1 heterocycles. The summed E-state index contributed by atoms with van der Waals surface area (Å²) in [5.41, 5.74) is 1.24. The number of anilines is 1. The fraction of sp³-hybridized carbons (Fsp3) is 0.167. The summed E-state index contributed by atoms with van der Waals surface area (Å²) in [4.78, 5) is 11.2. The Morgan fingerprint density at radius 1 is 1.58 bits per heavy atom. The van der Waals surface area contributed by atoms with Crippen LogP contribution in [0.15, 0.2) is 24.4 Å². The Balaban J connectivity index is 2.22. The van der Waals surface area contributed by atoms with Crippen LogP contribution in [0.2, 0.25) is 0 Å². The molecule has 0 saturated carbocycles. The van der Waals surface area contributed by atoms with Gasteiger partial charge in [-0.1, -0.05) is 5.21 Å². The van der Waals surface area contributed by atoms with E-state index in [1.54, 1.807) is 25.3 Å². The second kappa shape index (κ2) is 5.27. The predicted octanol–water partition coefficient (Wildman–Crippen LogP) is 1.57. The average Bonchev–Trinajstić information content (AvgIpc) is 2.79. The number of aromatic nitrogens is 3. The van der Waals surface area contributed by atoms with E-state index in [0.29, 0.717) is 11.4 Å². The molecule has 2 rings (SSSR count). The van der Waals surface area contributed by atoms with Gasteiger partial charge >= 0.3 is 0 Å². The van der Waals surface area contributed by atoms with Gasteiger partial charge in [0.05, 0.1) is 29.3 Å². The van der Waals surface area contributed by atoms with Crippen LogP contribution < -0.4 is 5.32 Å². The van der Waals surface area contributed by atoms with E-state index in [2.05, 4.69) is 15.6 Å². The van der Waals surface area contributed by atoms with Gasteiger partial charge in [0.2, 0.25) is 5.91 Å². The molecule has 0 aliphatic heterocycles. The normalized spacial score (nSPS) is 9.95. The van der Waals surface area contributed by atoms with E-state index in [1.165, 1.54) is 16.8 Å². The maximum absolute atomic E-state index is 13.8. The second-order valence-corrected chi connectivity index (χ2v) is 3.85. The van der Waals surface area contributed by atoms with Gasteiger partial charge in [-0.15, -0.1) is 5.10 Å². The molecule has 1 aromatic carbocycles. The lowest BCUT2D eigenvalue weighted by Crippen LogP contribution is -2.11. The standard InChI is InChI=1S/C12H10FN5O/c1-8-7-18(17-16-8)9-2-3-11(10(13)6-9)15-12(19)4-5-14/h2-3,6-7H,4H2,1H3,(H,15,19). The summed E-state index contributed by atoms with van der Waals surface area (Å²) in [6.07, 6.45) is 1.34. The fourth-order valence-corrected chi connectivity index (χ4v) is 1.49. The lowest BCUT2D eigenvalue weighted by Gasteiger charge is -2.06. The number of halogens is 1. The van der Waals surface area contributed by atoms with Crippen molar-refractivity contribution in [3.63, 3.8) is 0 Å². The Morgan fingerprint density at radius 3 is 2.95 bits per heavy atom. The van der Waals surface area contributed by atoms with Crippen LogP contribution in [0.5, 0.6) is 0 Å². The first kappa shape index (κ1) is 12.7. The van der Waals surface area contributed by atoms with Gasteiger partial charge in [-0.3, -0.25) is 4.79 Å². The molecule has 7 heteroatoms. The van der Waals surface area contributed by atoms with Gasteiger partial charge in [-0.25, -0.2) is 9.07 Å². The summed E-state index contributed by atoms with van der Waals surface area (Å²) in [5, 5.41) is 18.3. The lowest BCUT2D eigenvalue weighted by molar-refractivity contribution is -0.115. The number of benzene rings is 1. The summed E-state index contributed by atoms with van der Waals surface area (Å²) < 4.78 is 15.2. The Kier molecular flexibility index (Phi) is 3.52. The van der Waals surface area contributed by atoms with Crippen molar-refractivity contribution in [2.75, 3.05) is 5.32 Å². The van der Waals surface area contributed by atoms with Crippen molar-refractivity contribution < 1.29 is 9.18 Å². The lowest BCUT2D eigenvalue weighted by atomic mass is 10.2. The van der Waals surface area contributed by atoms with Crippen molar-refractivity contribution in [1.29, 1.82) is 5.26 Å². The molecule has 0 radical (unpaired) electrons. The third-order valence-electron chi connectivity index (χ3n) is 2.34. The molecule has 1 aromatic heterocycles. The van der Waals surface area contributed by atoms with Crippen LogP contribution in [0.25, 0.3) is 5.69 Å². The molecule has 1 amide bonds. The minimum Gasteiger partial charge on any atom is -0.323 e. The van der Waals surface area contributed by atoms with Crippen LogP contribution in [-0.4, -0.2) is 20.9 Å². The largest absolute Gasteiger partial charge is 0.323 e. The van der Waals surface area contributed by atoms with Gasteiger partial charge in [0.25, 0.3) is 0 Å². The van der Waals surface area contributed by atoms with Crippen molar-refractivity contribution in [3.05, 3.63) is 35.9 Å². The van der Waals surface area contributed by atoms with Crippen LogP contribution in [0.1, 0.15) is 12.1 Å². The highest BCUT2D eigenvalue weighted by molar-refractivity contribution is 5.92. The summed E-state index contributed by atoms with van der Waals surface area (Å²) in [6.45, 7) is 1.77. The smallest absolute Gasteiger partial charge is 0.238 e. The molecular weight excluding hydrogens is 249 g/mol. The van der Waals surface area contributed by atoms with Crippen LogP contribution in [0, 0.1) is 24.1 Å². The highest BCUT2D eigenvalue weighted by Crippen LogP contribution is 2.18. The second-order valence-electron chi connectivity index (χ2n) is 3.85. The molecule has 2 aromatic rings. The van der Waals surface area contributed by atoms with E-state index in [-0.39, 0.29) is 12.1 Å². The average molecular weight is 259 g/mol. The fourth-order valence-electron chi connectivity index (χ4n) is 1.49. The molecule has 0 saturated heterocycles. The van der Waals surface area contributed by atoms with E-state index in [4.69, 9.17) is 5.26 Å². The van der Waals surface area contributed by atoms with Crippen molar-refractivity contribution >= 4 is 11.6 Å². The van der Waals surface area contributed by atoms with Gasteiger partial charge in [0.15, 0.2) is 0 Å². The number of aryl methyl sites for hydroxylation is 1. The van der Waals surface area contributed by atoms with Gasteiger partial charge in [0, 0.05) is 6.07 Å². The zero-order valence-corrected chi connectivity index (χ0v) is 10.1. The maximum Gasteiger partial charge on any atom is 0.238 e. The molecule has 0 aliphatic carbocycles. The van der Waals surface area contributed by atoms with Crippen molar-refractivity contribution in [3.8, 4) is 11.8 Å². The minimum atomic E-state index is -0.600. The summed E-state index contributed by atoms with van der Waals surface area (Å²) in [6, 6.07) is 5.93. The number of rotatable bonds is 3.